The molecule has 0 heterocycles. The van der Waals surface area contributed by atoms with Crippen LogP contribution in [-0.4, -0.2) is 56.6 Å². The largest absolute Gasteiger partial charge is 0.465 e. The monoisotopic (exact) mass is 502 g/mol. The van der Waals surface area contributed by atoms with Gasteiger partial charge in [0.1, 0.15) is 0 Å². The van der Waals surface area contributed by atoms with Gasteiger partial charge in [-0.05, 0) is 44.9 Å². The van der Waals surface area contributed by atoms with Crippen LogP contribution in [-0.2, 0) is 14.3 Å². The van der Waals surface area contributed by atoms with E-state index in [4.69, 9.17) is 14.6 Å². The highest BCUT2D eigenvalue weighted by Gasteiger charge is 1.98. The van der Waals surface area contributed by atoms with Crippen molar-refractivity contribution in [2.75, 3.05) is 39.5 Å². The molecule has 0 aliphatic rings. The predicted octanol–water partition coefficient (Wildman–Crippen LogP) is 5.88. The second kappa shape index (κ2) is 28.3. The first-order valence-corrected chi connectivity index (χ1v) is 13.0. The average molecular weight is 503 g/mol. The molecule has 0 bridgehead atoms. The van der Waals surface area contributed by atoms with Crippen LogP contribution in [0.5, 0.6) is 0 Å². The molecule has 0 saturated carbocycles. The van der Waals surface area contributed by atoms with Gasteiger partial charge in [-0.3, -0.25) is 4.79 Å². The van der Waals surface area contributed by atoms with Crippen molar-refractivity contribution in [3.8, 4) is 0 Å². The number of allylic oxidation sites excluding steroid dienone is 12. The van der Waals surface area contributed by atoms with Gasteiger partial charge in [-0.2, -0.15) is 0 Å². The molecule has 0 spiro atoms. The van der Waals surface area contributed by atoms with E-state index in [1.54, 1.807) is 0 Å². The Labute approximate surface area is 217 Å². The number of ether oxygens (including phenoxy) is 2. The van der Waals surface area contributed by atoms with Crippen LogP contribution >= 0.6 is 0 Å². The Morgan fingerprint density at radius 1 is 0.611 bits per heavy atom. The van der Waals surface area contributed by atoms with Gasteiger partial charge in [0.2, 0.25) is 5.91 Å². The summed E-state index contributed by atoms with van der Waals surface area (Å²) in [5, 5.41) is 13.4. The molecule has 36 heavy (non-hydrogen) atoms. The van der Waals surface area contributed by atoms with Crippen molar-refractivity contribution in [2.24, 2.45) is 0 Å². The molecule has 0 atom stereocenters. The highest BCUT2D eigenvalue weighted by Crippen LogP contribution is 1.97. The van der Waals surface area contributed by atoms with Gasteiger partial charge in [0.05, 0.1) is 26.4 Å². The molecule has 202 valence electrons. The minimum absolute atomic E-state index is 0.00845. The van der Waals surface area contributed by atoms with Gasteiger partial charge in [0, 0.05) is 19.5 Å². The highest BCUT2D eigenvalue weighted by atomic mass is 16.5. The van der Waals surface area contributed by atoms with Gasteiger partial charge in [-0.15, -0.1) is 0 Å². The Kier molecular flexibility index (Phi) is 26.1. The lowest BCUT2D eigenvalue weighted by atomic mass is 10.2. The van der Waals surface area contributed by atoms with Crippen molar-refractivity contribution in [3.63, 3.8) is 0 Å². The van der Waals surface area contributed by atoms with E-state index in [2.05, 4.69) is 84.4 Å². The summed E-state index contributed by atoms with van der Waals surface area (Å²) in [6.07, 6.45) is 32.0. The molecule has 0 aliphatic heterocycles. The maximum Gasteiger partial charge on any atom is 0.404 e. The molecule has 0 unspecified atom stereocenters. The van der Waals surface area contributed by atoms with Gasteiger partial charge < -0.3 is 25.2 Å². The number of rotatable bonds is 23. The molecule has 7 heteroatoms. The van der Waals surface area contributed by atoms with Crippen LogP contribution in [0.2, 0.25) is 0 Å². The Morgan fingerprint density at radius 3 is 1.47 bits per heavy atom. The van der Waals surface area contributed by atoms with E-state index in [0.717, 1.165) is 44.9 Å². The van der Waals surface area contributed by atoms with E-state index in [1.807, 2.05) is 6.08 Å². The van der Waals surface area contributed by atoms with Gasteiger partial charge in [0.15, 0.2) is 0 Å². The molecule has 0 aromatic rings. The molecule has 0 aromatic heterocycles. The Morgan fingerprint density at radius 2 is 1.03 bits per heavy atom. The van der Waals surface area contributed by atoms with Crippen LogP contribution in [0, 0.1) is 0 Å². The van der Waals surface area contributed by atoms with Gasteiger partial charge >= 0.3 is 6.09 Å². The molecule has 0 fully saturated rings. The minimum atomic E-state index is -1.06. The van der Waals surface area contributed by atoms with Crippen LogP contribution in [0.25, 0.3) is 0 Å². The normalized spacial score (nSPS) is 12.4. The van der Waals surface area contributed by atoms with Crippen LogP contribution in [0.1, 0.15) is 58.3 Å². The summed E-state index contributed by atoms with van der Waals surface area (Å²) in [7, 11) is 0. The van der Waals surface area contributed by atoms with E-state index in [9.17, 15) is 9.59 Å². The number of hydrogen-bond donors (Lipinski definition) is 3. The fourth-order valence-electron chi connectivity index (χ4n) is 2.76. The van der Waals surface area contributed by atoms with Crippen molar-refractivity contribution >= 4 is 12.0 Å². The number of hydrogen-bond acceptors (Lipinski definition) is 4. The summed E-state index contributed by atoms with van der Waals surface area (Å²) in [6, 6.07) is 0. The Bertz CT molecular complexity index is 708. The molecule has 0 aliphatic carbocycles. The summed E-state index contributed by atoms with van der Waals surface area (Å²) in [5.41, 5.74) is 0. The lowest BCUT2D eigenvalue weighted by molar-refractivity contribution is -0.121. The first-order chi connectivity index (χ1) is 17.7. The van der Waals surface area contributed by atoms with Crippen LogP contribution in [0.4, 0.5) is 4.79 Å². The third-order valence-electron chi connectivity index (χ3n) is 4.60. The fraction of sp³-hybridized carbons (Fsp3) is 0.517. The second-order valence-corrected chi connectivity index (χ2v) is 7.76. The number of nitrogens with one attached hydrogen (secondary N) is 2. The lowest BCUT2D eigenvalue weighted by Crippen LogP contribution is -2.27. The Balaban J connectivity index is 3.49. The highest BCUT2D eigenvalue weighted by molar-refractivity contribution is 5.75. The smallest absolute Gasteiger partial charge is 0.404 e. The summed E-state index contributed by atoms with van der Waals surface area (Å²) < 4.78 is 10.5. The second-order valence-electron chi connectivity index (χ2n) is 7.76. The summed E-state index contributed by atoms with van der Waals surface area (Å²) >= 11 is 0. The number of carbonyl (C=O) groups excluding carboxylic acids is 1. The molecule has 3 N–H and O–H groups in total. The lowest BCUT2D eigenvalue weighted by Gasteiger charge is -2.07. The van der Waals surface area contributed by atoms with Crippen LogP contribution in [0.15, 0.2) is 72.9 Å². The van der Waals surface area contributed by atoms with E-state index in [0.29, 0.717) is 39.4 Å². The van der Waals surface area contributed by atoms with Gasteiger partial charge in [0.25, 0.3) is 0 Å². The predicted molar refractivity (Wildman–Crippen MR) is 148 cm³/mol. The maximum atomic E-state index is 11.8. The first kappa shape index (κ1) is 33.1. The van der Waals surface area contributed by atoms with Crippen molar-refractivity contribution in [1.82, 2.24) is 10.6 Å². The summed E-state index contributed by atoms with van der Waals surface area (Å²) in [4.78, 5) is 22.0. The van der Waals surface area contributed by atoms with Crippen molar-refractivity contribution < 1.29 is 24.2 Å². The number of carbonyl (C=O) groups is 2. The van der Waals surface area contributed by atoms with Gasteiger partial charge in [-0.25, -0.2) is 4.79 Å². The zero-order valence-electron chi connectivity index (χ0n) is 21.9. The van der Waals surface area contributed by atoms with Crippen LogP contribution < -0.4 is 10.6 Å². The van der Waals surface area contributed by atoms with Crippen LogP contribution in [0.3, 0.4) is 0 Å². The summed E-state index contributed by atoms with van der Waals surface area (Å²) in [6.45, 7) is 4.38. The zero-order chi connectivity index (χ0) is 26.4. The van der Waals surface area contributed by atoms with E-state index < -0.39 is 6.09 Å². The summed E-state index contributed by atoms with van der Waals surface area (Å²) in [5.74, 6) is 0.00845. The number of carboxylic acid groups (broad SMARTS) is 1. The molecule has 7 nitrogen and oxygen atoms in total. The van der Waals surface area contributed by atoms with E-state index in [1.165, 1.54) is 0 Å². The number of amides is 2. The van der Waals surface area contributed by atoms with Crippen molar-refractivity contribution in [1.29, 1.82) is 0 Å². The molecular weight excluding hydrogens is 456 g/mol. The molecule has 2 amide bonds. The third-order valence-corrected chi connectivity index (χ3v) is 4.60. The van der Waals surface area contributed by atoms with Crippen molar-refractivity contribution in [3.05, 3.63) is 72.9 Å². The molecule has 0 rings (SSSR count). The SMILES string of the molecule is CC/C=C\C/C=C\C/C=C\C/C=C\C/C=C\C/C=C\CCC(=O)NCCOCCOCCNC(=O)O. The zero-order valence-corrected chi connectivity index (χ0v) is 21.9. The van der Waals surface area contributed by atoms with E-state index in [-0.39, 0.29) is 12.5 Å². The molecule has 0 aromatic carbocycles. The molecule has 0 saturated heterocycles. The molecular formula is C29H46N2O5. The van der Waals surface area contributed by atoms with Crippen molar-refractivity contribution in [2.45, 2.75) is 58.3 Å². The quantitative estimate of drug-likeness (QED) is 0.120. The fourth-order valence-corrected chi connectivity index (χ4v) is 2.76. The standard InChI is InChI=1S/C29H46N2O5/c1-2-3-4-5-6-7-8-9-10-11-12-13-14-15-16-17-18-19-20-21-28(32)30-22-24-35-26-27-36-25-23-31-29(33)34/h3-4,6-7,9-10,12-13,15-16,18-19,31H,2,5,8,11,14,17,20-27H2,1H3,(H,30,32)(H,33,34)/b4-3-,7-6-,10-9-,13-12-,16-15-,19-18-. The average Bonchev–Trinajstić information content (AvgIpc) is 2.86. The van der Waals surface area contributed by atoms with Gasteiger partial charge in [-0.1, -0.05) is 79.8 Å². The Hall–Kier alpha value is -2.90. The third kappa shape index (κ3) is 29.1. The minimum Gasteiger partial charge on any atom is -0.465 e. The molecule has 0 radical (unpaired) electrons. The topological polar surface area (TPSA) is 96.9 Å². The van der Waals surface area contributed by atoms with E-state index >= 15 is 0 Å². The first-order valence-electron chi connectivity index (χ1n) is 13.0. The maximum absolute atomic E-state index is 11.8.